The Morgan fingerprint density at radius 2 is 1.70 bits per heavy atom. The van der Waals surface area contributed by atoms with Crippen molar-refractivity contribution in [3.05, 3.63) is 83.6 Å². The van der Waals surface area contributed by atoms with Gasteiger partial charge in [0.05, 0.1) is 20.8 Å². The van der Waals surface area contributed by atoms with Crippen LogP contribution in [0.15, 0.2) is 66.9 Å². The van der Waals surface area contributed by atoms with Crippen molar-refractivity contribution in [3.8, 4) is 11.5 Å². The molecule has 0 atom stereocenters. The molecule has 0 saturated carbocycles. The van der Waals surface area contributed by atoms with E-state index in [1.165, 1.54) is 0 Å². The predicted octanol–water partition coefficient (Wildman–Crippen LogP) is 4.25. The summed E-state index contributed by atoms with van der Waals surface area (Å²) in [5.74, 6) is 1.76. The SMILES string of the molecule is COc1ccc(CN(C(=O)c2ccc(C)cc2)c2ccccn2)cc1OC. The third-order valence-electron chi connectivity index (χ3n) is 4.26. The first-order valence-corrected chi connectivity index (χ1v) is 8.63. The van der Waals surface area contributed by atoms with Crippen LogP contribution in [0.2, 0.25) is 0 Å². The molecule has 3 aromatic rings. The van der Waals surface area contributed by atoms with Crippen LogP contribution >= 0.6 is 0 Å². The number of hydrogen-bond donors (Lipinski definition) is 0. The Morgan fingerprint density at radius 3 is 2.33 bits per heavy atom. The second kappa shape index (κ2) is 8.36. The summed E-state index contributed by atoms with van der Waals surface area (Å²) in [5, 5.41) is 0. The zero-order valence-electron chi connectivity index (χ0n) is 15.7. The molecule has 1 heterocycles. The summed E-state index contributed by atoms with van der Waals surface area (Å²) in [5.41, 5.74) is 2.64. The molecule has 0 aliphatic rings. The number of pyridine rings is 1. The Bertz CT molecular complexity index is 909. The molecule has 2 aromatic carbocycles. The van der Waals surface area contributed by atoms with Crippen LogP contribution in [0.5, 0.6) is 11.5 Å². The van der Waals surface area contributed by atoms with Gasteiger partial charge in [0.2, 0.25) is 0 Å². The van der Waals surface area contributed by atoms with Gasteiger partial charge in [-0.1, -0.05) is 29.8 Å². The molecule has 0 aliphatic heterocycles. The summed E-state index contributed by atoms with van der Waals surface area (Å²) in [4.78, 5) is 19.2. The highest BCUT2D eigenvalue weighted by Gasteiger charge is 2.20. The van der Waals surface area contributed by atoms with Crippen molar-refractivity contribution in [2.75, 3.05) is 19.1 Å². The number of nitrogens with zero attached hydrogens (tertiary/aromatic N) is 2. The van der Waals surface area contributed by atoms with Gasteiger partial charge in [-0.3, -0.25) is 9.69 Å². The molecule has 0 saturated heterocycles. The van der Waals surface area contributed by atoms with E-state index in [2.05, 4.69) is 4.98 Å². The highest BCUT2D eigenvalue weighted by molar-refractivity contribution is 6.05. The smallest absolute Gasteiger partial charge is 0.259 e. The van der Waals surface area contributed by atoms with Crippen LogP contribution in [0.1, 0.15) is 21.5 Å². The Morgan fingerprint density at radius 1 is 0.963 bits per heavy atom. The fourth-order valence-corrected chi connectivity index (χ4v) is 2.78. The number of ether oxygens (including phenoxy) is 2. The van der Waals surface area contributed by atoms with Crippen LogP contribution in [0.4, 0.5) is 5.82 Å². The number of rotatable bonds is 6. The van der Waals surface area contributed by atoms with Gasteiger partial charge in [0.1, 0.15) is 5.82 Å². The summed E-state index contributed by atoms with van der Waals surface area (Å²) in [6.45, 7) is 2.36. The van der Waals surface area contributed by atoms with Gasteiger partial charge in [0.25, 0.3) is 5.91 Å². The lowest BCUT2D eigenvalue weighted by molar-refractivity contribution is 0.0984. The number of benzene rings is 2. The Labute approximate surface area is 159 Å². The Balaban J connectivity index is 1.96. The van der Waals surface area contributed by atoms with Gasteiger partial charge in [-0.05, 0) is 48.9 Å². The summed E-state index contributed by atoms with van der Waals surface area (Å²) in [6.07, 6.45) is 1.68. The average molecular weight is 362 g/mol. The maximum Gasteiger partial charge on any atom is 0.259 e. The molecule has 0 unspecified atom stereocenters. The fourth-order valence-electron chi connectivity index (χ4n) is 2.78. The number of anilines is 1. The third-order valence-corrected chi connectivity index (χ3v) is 4.26. The number of carbonyl (C=O) groups is 1. The zero-order chi connectivity index (χ0) is 19.2. The Kier molecular flexibility index (Phi) is 5.71. The number of aromatic nitrogens is 1. The molecule has 0 fully saturated rings. The molecular formula is C22H22N2O3. The third kappa shape index (κ3) is 4.26. The first kappa shape index (κ1) is 18.5. The molecule has 1 aromatic heterocycles. The van der Waals surface area contributed by atoms with E-state index in [4.69, 9.17) is 9.47 Å². The monoisotopic (exact) mass is 362 g/mol. The van der Waals surface area contributed by atoms with E-state index in [0.717, 1.165) is 11.1 Å². The molecule has 0 N–H and O–H groups in total. The number of hydrogen-bond acceptors (Lipinski definition) is 4. The van der Waals surface area contributed by atoms with Crippen LogP contribution in [0, 0.1) is 6.92 Å². The van der Waals surface area contributed by atoms with Gasteiger partial charge in [0.15, 0.2) is 11.5 Å². The highest BCUT2D eigenvalue weighted by atomic mass is 16.5. The quantitative estimate of drug-likeness (QED) is 0.658. The van der Waals surface area contributed by atoms with Gasteiger partial charge in [-0.2, -0.15) is 0 Å². The summed E-state index contributed by atoms with van der Waals surface area (Å²) < 4.78 is 10.7. The number of methoxy groups -OCH3 is 2. The molecule has 5 nitrogen and oxygen atoms in total. The van der Waals surface area contributed by atoms with Crippen LogP contribution in [0.25, 0.3) is 0 Å². The van der Waals surface area contributed by atoms with Crippen molar-refractivity contribution in [1.29, 1.82) is 0 Å². The van der Waals surface area contributed by atoms with Gasteiger partial charge in [0, 0.05) is 11.8 Å². The van der Waals surface area contributed by atoms with Crippen LogP contribution in [0.3, 0.4) is 0 Å². The van der Waals surface area contributed by atoms with E-state index in [1.807, 2.05) is 67.6 Å². The lowest BCUT2D eigenvalue weighted by Crippen LogP contribution is -2.31. The lowest BCUT2D eigenvalue weighted by Gasteiger charge is -2.22. The topological polar surface area (TPSA) is 51.7 Å². The first-order chi connectivity index (χ1) is 13.1. The van der Waals surface area contributed by atoms with E-state index in [1.54, 1.807) is 25.3 Å². The Hall–Kier alpha value is -3.34. The van der Waals surface area contributed by atoms with Crippen LogP contribution < -0.4 is 14.4 Å². The van der Waals surface area contributed by atoms with Gasteiger partial charge in [-0.15, -0.1) is 0 Å². The van der Waals surface area contributed by atoms with Crippen molar-refractivity contribution in [1.82, 2.24) is 4.98 Å². The van der Waals surface area contributed by atoms with Gasteiger partial charge in [-0.25, -0.2) is 4.98 Å². The molecule has 0 radical (unpaired) electrons. The standard InChI is InChI=1S/C22H22N2O3/c1-16-7-10-18(11-8-16)22(25)24(21-6-4-5-13-23-21)15-17-9-12-19(26-2)20(14-17)27-3/h4-14H,15H2,1-3H3. The van der Waals surface area contributed by atoms with E-state index in [-0.39, 0.29) is 5.91 Å². The van der Waals surface area contributed by atoms with E-state index < -0.39 is 0 Å². The summed E-state index contributed by atoms with van der Waals surface area (Å²) in [7, 11) is 3.19. The van der Waals surface area contributed by atoms with E-state index in [0.29, 0.717) is 29.4 Å². The first-order valence-electron chi connectivity index (χ1n) is 8.63. The van der Waals surface area contributed by atoms with Crippen LogP contribution in [-0.2, 0) is 6.54 Å². The minimum absolute atomic E-state index is 0.108. The predicted molar refractivity (Wildman–Crippen MR) is 105 cm³/mol. The summed E-state index contributed by atoms with van der Waals surface area (Å²) in [6, 6.07) is 18.7. The van der Waals surface area contributed by atoms with Crippen molar-refractivity contribution < 1.29 is 14.3 Å². The second-order valence-electron chi connectivity index (χ2n) is 6.13. The second-order valence-corrected chi connectivity index (χ2v) is 6.13. The lowest BCUT2D eigenvalue weighted by atomic mass is 10.1. The molecule has 27 heavy (non-hydrogen) atoms. The minimum atomic E-state index is -0.108. The normalized spacial score (nSPS) is 10.3. The molecule has 1 amide bonds. The largest absolute Gasteiger partial charge is 0.493 e. The van der Waals surface area contributed by atoms with Crippen molar-refractivity contribution in [2.24, 2.45) is 0 Å². The molecule has 0 bridgehead atoms. The fraction of sp³-hybridized carbons (Fsp3) is 0.182. The highest BCUT2D eigenvalue weighted by Crippen LogP contribution is 2.29. The van der Waals surface area contributed by atoms with Crippen molar-refractivity contribution in [3.63, 3.8) is 0 Å². The average Bonchev–Trinajstić information content (AvgIpc) is 2.72. The van der Waals surface area contributed by atoms with E-state index >= 15 is 0 Å². The maximum absolute atomic E-state index is 13.2. The molecule has 3 rings (SSSR count). The van der Waals surface area contributed by atoms with E-state index in [9.17, 15) is 4.79 Å². The number of aryl methyl sites for hydroxylation is 1. The molecule has 0 spiro atoms. The molecule has 138 valence electrons. The molecule has 5 heteroatoms. The van der Waals surface area contributed by atoms with Crippen molar-refractivity contribution >= 4 is 11.7 Å². The minimum Gasteiger partial charge on any atom is -0.493 e. The van der Waals surface area contributed by atoms with Gasteiger partial charge < -0.3 is 9.47 Å². The van der Waals surface area contributed by atoms with Crippen molar-refractivity contribution in [2.45, 2.75) is 13.5 Å². The molecular weight excluding hydrogens is 340 g/mol. The molecule has 0 aliphatic carbocycles. The number of carbonyl (C=O) groups excluding carboxylic acids is 1. The zero-order valence-corrected chi connectivity index (χ0v) is 15.7. The number of amides is 1. The van der Waals surface area contributed by atoms with Crippen LogP contribution in [-0.4, -0.2) is 25.1 Å². The summed E-state index contributed by atoms with van der Waals surface area (Å²) >= 11 is 0. The van der Waals surface area contributed by atoms with Gasteiger partial charge >= 0.3 is 0 Å². The maximum atomic E-state index is 13.2.